The molecule has 2 aromatic rings. The fourth-order valence-corrected chi connectivity index (χ4v) is 6.27. The summed E-state index contributed by atoms with van der Waals surface area (Å²) in [6.07, 6.45) is 6.51. The number of benzene rings is 1. The van der Waals surface area contributed by atoms with E-state index in [1.54, 1.807) is 0 Å². The Morgan fingerprint density at radius 3 is 2.12 bits per heavy atom. The number of hydrogen-bond donors (Lipinski definition) is 0. The van der Waals surface area contributed by atoms with Crippen molar-refractivity contribution >= 4 is 22.9 Å². The molecule has 0 N–H and O–H groups in total. The predicted octanol–water partition coefficient (Wildman–Crippen LogP) is 6.01. The van der Waals surface area contributed by atoms with Gasteiger partial charge in [-0.1, -0.05) is 57.7 Å². The Morgan fingerprint density at radius 1 is 0.938 bits per heavy atom. The van der Waals surface area contributed by atoms with Gasteiger partial charge in [0.25, 0.3) is 5.24 Å². The smallest absolute Gasteiger partial charge is 0.273 e. The zero-order valence-electron chi connectivity index (χ0n) is 19.7. The van der Waals surface area contributed by atoms with Gasteiger partial charge in [-0.05, 0) is 77.3 Å². The van der Waals surface area contributed by atoms with E-state index in [9.17, 15) is 9.59 Å². The van der Waals surface area contributed by atoms with Gasteiger partial charge in [0.15, 0.2) is 0 Å². The van der Waals surface area contributed by atoms with Crippen LogP contribution in [0.2, 0.25) is 0 Å². The van der Waals surface area contributed by atoms with Crippen LogP contribution in [-0.2, 0) is 27.6 Å². The van der Waals surface area contributed by atoms with E-state index in [1.165, 1.54) is 40.0 Å². The number of carbonyl (C=O) groups is 2. The van der Waals surface area contributed by atoms with E-state index in [0.29, 0.717) is 6.54 Å². The fourth-order valence-electron chi connectivity index (χ4n) is 5.54. The number of rotatable bonds is 4. The highest BCUT2D eigenvalue weighted by molar-refractivity contribution is 8.14. The molecule has 2 aliphatic carbocycles. The molecule has 4 nitrogen and oxygen atoms in total. The first-order valence-electron chi connectivity index (χ1n) is 11.6. The van der Waals surface area contributed by atoms with Gasteiger partial charge in [-0.25, -0.2) is 0 Å². The maximum Gasteiger partial charge on any atom is 0.289 e. The molecule has 168 valence electrons. The Kier molecular flexibility index (Phi) is 4.87. The van der Waals surface area contributed by atoms with Crippen LogP contribution in [0.5, 0.6) is 0 Å². The number of amides is 2. The summed E-state index contributed by atoms with van der Waals surface area (Å²) in [5.74, 6) is 0.135. The average Bonchev–Trinajstić information content (AvgIpc) is 3.49. The zero-order valence-corrected chi connectivity index (χ0v) is 20.6. The van der Waals surface area contributed by atoms with Crippen molar-refractivity contribution in [3.05, 3.63) is 64.0 Å². The highest BCUT2D eigenvalue weighted by Gasteiger charge is 2.49. The Bertz CT molecular complexity index is 1100. The number of aryl methyl sites for hydroxylation is 1. The standard InChI is InChI=1S/C27H32N2O2S/c1-17-12-20-21(26(4,5)9-8-25(20,2)3)13-19(17)27(10-11-27)22-7-6-18(14-28-22)15-29-23(30)16-32-24(29)31/h6-7,12-14H,8-11,15-16H2,1-5H3. The number of thioether (sulfide) groups is 1. The lowest BCUT2D eigenvalue weighted by Gasteiger charge is -2.43. The van der Waals surface area contributed by atoms with Crippen LogP contribution in [-0.4, -0.2) is 26.8 Å². The van der Waals surface area contributed by atoms with Crippen LogP contribution in [0.15, 0.2) is 30.5 Å². The van der Waals surface area contributed by atoms with E-state index in [-0.39, 0.29) is 33.1 Å². The third-order valence-corrected chi connectivity index (χ3v) is 8.82. The molecule has 1 saturated carbocycles. The summed E-state index contributed by atoms with van der Waals surface area (Å²) in [6, 6.07) is 9.08. The van der Waals surface area contributed by atoms with Crippen molar-refractivity contribution in [3.8, 4) is 0 Å². The van der Waals surface area contributed by atoms with Crippen molar-refractivity contribution in [1.82, 2.24) is 9.88 Å². The molecule has 1 saturated heterocycles. The molecule has 0 spiro atoms. The maximum atomic E-state index is 11.9. The number of carbonyl (C=O) groups excluding carboxylic acids is 2. The fraction of sp³-hybridized carbons (Fsp3) is 0.519. The summed E-state index contributed by atoms with van der Waals surface area (Å²) in [4.78, 5) is 30.0. The summed E-state index contributed by atoms with van der Waals surface area (Å²) < 4.78 is 0. The maximum absolute atomic E-state index is 11.9. The molecule has 2 heterocycles. The highest BCUT2D eigenvalue weighted by Crippen LogP contribution is 2.56. The van der Waals surface area contributed by atoms with Gasteiger partial charge in [0, 0.05) is 11.6 Å². The molecular formula is C27H32N2O2S. The zero-order chi connectivity index (χ0) is 22.9. The molecule has 2 fully saturated rings. The quantitative estimate of drug-likeness (QED) is 0.574. The molecule has 5 rings (SSSR count). The molecule has 1 aliphatic heterocycles. The normalized spacial score (nSPS) is 22.7. The van der Waals surface area contributed by atoms with Gasteiger partial charge in [-0.3, -0.25) is 19.5 Å². The molecule has 3 aliphatic rings. The van der Waals surface area contributed by atoms with Crippen LogP contribution in [0.4, 0.5) is 4.79 Å². The predicted molar refractivity (Wildman–Crippen MR) is 129 cm³/mol. The lowest BCUT2D eigenvalue weighted by molar-refractivity contribution is -0.125. The van der Waals surface area contributed by atoms with Gasteiger partial charge in [0.2, 0.25) is 5.91 Å². The van der Waals surface area contributed by atoms with E-state index in [2.05, 4.69) is 52.8 Å². The molecule has 0 atom stereocenters. The van der Waals surface area contributed by atoms with Gasteiger partial charge in [-0.15, -0.1) is 0 Å². The van der Waals surface area contributed by atoms with Crippen molar-refractivity contribution in [2.45, 2.75) is 83.1 Å². The second kappa shape index (κ2) is 7.18. The molecule has 32 heavy (non-hydrogen) atoms. The lowest BCUT2D eigenvalue weighted by atomic mass is 9.62. The molecule has 1 aromatic carbocycles. The van der Waals surface area contributed by atoms with Crippen LogP contribution in [0.3, 0.4) is 0 Å². The van der Waals surface area contributed by atoms with E-state index in [0.717, 1.165) is 35.9 Å². The number of hydrogen-bond acceptors (Lipinski definition) is 4. The molecule has 0 unspecified atom stereocenters. The monoisotopic (exact) mass is 448 g/mol. The minimum Gasteiger partial charge on any atom is -0.273 e. The topological polar surface area (TPSA) is 50.3 Å². The van der Waals surface area contributed by atoms with Gasteiger partial charge < -0.3 is 0 Å². The number of fused-ring (bicyclic) bond motifs is 1. The first-order valence-corrected chi connectivity index (χ1v) is 12.6. The first kappa shape index (κ1) is 21.7. The lowest BCUT2D eigenvalue weighted by Crippen LogP contribution is -2.34. The van der Waals surface area contributed by atoms with Crippen LogP contribution in [0, 0.1) is 6.92 Å². The van der Waals surface area contributed by atoms with E-state index in [4.69, 9.17) is 4.98 Å². The number of aromatic nitrogens is 1. The van der Waals surface area contributed by atoms with E-state index < -0.39 is 0 Å². The summed E-state index contributed by atoms with van der Waals surface area (Å²) >= 11 is 1.08. The minimum atomic E-state index is -0.159. The van der Waals surface area contributed by atoms with Crippen molar-refractivity contribution in [2.75, 3.05) is 5.75 Å². The van der Waals surface area contributed by atoms with Gasteiger partial charge in [0.1, 0.15) is 0 Å². The van der Waals surface area contributed by atoms with Crippen LogP contribution < -0.4 is 0 Å². The van der Waals surface area contributed by atoms with Gasteiger partial charge in [0.05, 0.1) is 18.0 Å². The highest BCUT2D eigenvalue weighted by atomic mass is 32.2. The van der Waals surface area contributed by atoms with E-state index in [1.807, 2.05) is 12.3 Å². The summed E-state index contributed by atoms with van der Waals surface area (Å²) in [5.41, 5.74) is 8.19. The first-order chi connectivity index (χ1) is 15.0. The third-order valence-electron chi connectivity index (χ3n) is 7.96. The molecule has 0 radical (unpaired) electrons. The Morgan fingerprint density at radius 2 is 1.59 bits per heavy atom. The second-order valence-electron chi connectivity index (χ2n) is 11.1. The second-order valence-corrected chi connectivity index (χ2v) is 12.1. The Labute approximate surface area is 195 Å². The Hall–Kier alpha value is -2.14. The van der Waals surface area contributed by atoms with Crippen molar-refractivity contribution in [3.63, 3.8) is 0 Å². The summed E-state index contributed by atoms with van der Waals surface area (Å²) in [6.45, 7) is 12.1. The van der Waals surface area contributed by atoms with Crippen LogP contribution >= 0.6 is 11.8 Å². The number of pyridine rings is 1. The molecule has 1 aromatic heterocycles. The van der Waals surface area contributed by atoms with Crippen molar-refractivity contribution < 1.29 is 9.59 Å². The summed E-state index contributed by atoms with van der Waals surface area (Å²) in [5, 5.41) is -0.159. The molecule has 2 amide bonds. The largest absolute Gasteiger partial charge is 0.289 e. The molecule has 0 bridgehead atoms. The number of imide groups is 1. The van der Waals surface area contributed by atoms with E-state index >= 15 is 0 Å². The van der Waals surface area contributed by atoms with Gasteiger partial charge in [-0.2, -0.15) is 0 Å². The SMILES string of the molecule is Cc1cc2c(cc1C1(c3ccc(CN4C(=O)CSC4=O)cn3)CC1)C(C)(C)CCC2(C)C. The molecular weight excluding hydrogens is 416 g/mol. The van der Waals surface area contributed by atoms with Crippen molar-refractivity contribution in [2.24, 2.45) is 0 Å². The van der Waals surface area contributed by atoms with Crippen molar-refractivity contribution in [1.29, 1.82) is 0 Å². The van der Waals surface area contributed by atoms with Crippen LogP contribution in [0.1, 0.15) is 86.9 Å². The van der Waals surface area contributed by atoms with Gasteiger partial charge >= 0.3 is 0 Å². The van der Waals surface area contributed by atoms with Crippen LogP contribution in [0.25, 0.3) is 0 Å². The Balaban J connectivity index is 1.48. The average molecular weight is 449 g/mol. The summed E-state index contributed by atoms with van der Waals surface area (Å²) in [7, 11) is 0. The minimum absolute atomic E-state index is 0.00948. The molecule has 5 heteroatoms. The third kappa shape index (κ3) is 3.40. The number of nitrogens with zero attached hydrogens (tertiary/aromatic N) is 2.